The van der Waals surface area contributed by atoms with Gasteiger partial charge in [-0.1, -0.05) is 6.07 Å². The van der Waals surface area contributed by atoms with Gasteiger partial charge in [0.1, 0.15) is 11.1 Å². The monoisotopic (exact) mass is 372 g/mol. The Labute approximate surface area is 151 Å². The molecule has 8 heteroatoms. The predicted octanol–water partition coefficient (Wildman–Crippen LogP) is 4.72. The van der Waals surface area contributed by atoms with Gasteiger partial charge in [0, 0.05) is 36.1 Å². The van der Waals surface area contributed by atoms with Crippen molar-refractivity contribution in [2.45, 2.75) is 17.0 Å². The molecule has 0 bridgehead atoms. The largest absolute Gasteiger partial charge is 0.417 e. The van der Waals surface area contributed by atoms with Crippen LogP contribution in [0.2, 0.25) is 0 Å². The lowest BCUT2D eigenvalue weighted by molar-refractivity contribution is -0.138. The Balaban J connectivity index is 2.07. The third-order valence-corrected chi connectivity index (χ3v) is 4.52. The molecule has 3 heterocycles. The molecule has 0 saturated carbocycles. The van der Waals surface area contributed by atoms with Crippen molar-refractivity contribution >= 4 is 11.8 Å². The van der Waals surface area contributed by atoms with Gasteiger partial charge in [-0.15, -0.1) is 11.8 Å². The van der Waals surface area contributed by atoms with Crippen molar-refractivity contribution in [1.82, 2.24) is 15.0 Å². The molecule has 0 unspecified atom stereocenters. The van der Waals surface area contributed by atoms with Crippen LogP contribution in [0.25, 0.3) is 11.3 Å². The molecule has 0 N–H and O–H groups in total. The molecular weight excluding hydrogens is 361 g/mol. The fraction of sp³-hybridized carbons (Fsp3) is 0.111. The van der Waals surface area contributed by atoms with Gasteiger partial charge in [0.25, 0.3) is 0 Å². The highest BCUT2D eigenvalue weighted by atomic mass is 32.2. The molecule has 0 radical (unpaired) electrons. The van der Waals surface area contributed by atoms with E-state index in [0.717, 1.165) is 23.4 Å². The number of hydrogen-bond acceptors (Lipinski definition) is 5. The number of pyridine rings is 3. The fourth-order valence-corrected chi connectivity index (χ4v) is 3.20. The van der Waals surface area contributed by atoms with E-state index in [2.05, 4.69) is 15.0 Å². The Morgan fingerprint density at radius 1 is 1.08 bits per heavy atom. The summed E-state index contributed by atoms with van der Waals surface area (Å²) in [4.78, 5) is 12.1. The molecule has 0 aliphatic heterocycles. The minimum Gasteiger partial charge on any atom is -0.265 e. The molecule has 0 aliphatic carbocycles. The van der Waals surface area contributed by atoms with Crippen LogP contribution in [0.15, 0.2) is 60.1 Å². The van der Waals surface area contributed by atoms with Gasteiger partial charge in [-0.05, 0) is 29.8 Å². The standard InChI is InChI=1S/C18H11F3N4S/c19-18(20,21)15-8-16(13-3-6-23-7-4-13)25-17(14(15)9-22)26-11-12-2-1-5-24-10-12/h1-8,10H,11H2. The summed E-state index contributed by atoms with van der Waals surface area (Å²) in [6, 6.07) is 9.25. The van der Waals surface area contributed by atoms with Gasteiger partial charge in [0.05, 0.1) is 16.8 Å². The quantitative estimate of drug-likeness (QED) is 0.620. The average Bonchev–Trinajstić information content (AvgIpc) is 2.66. The zero-order valence-corrected chi connectivity index (χ0v) is 14.1. The molecule has 3 aromatic heterocycles. The van der Waals surface area contributed by atoms with Gasteiger partial charge in [-0.25, -0.2) is 4.98 Å². The van der Waals surface area contributed by atoms with Crippen LogP contribution in [0.4, 0.5) is 13.2 Å². The van der Waals surface area contributed by atoms with Crippen molar-refractivity contribution in [3.63, 3.8) is 0 Å². The number of alkyl halides is 3. The number of aromatic nitrogens is 3. The second-order valence-corrected chi connectivity index (χ2v) is 6.19. The summed E-state index contributed by atoms with van der Waals surface area (Å²) in [6.07, 6.45) is 1.53. The molecule has 0 aliphatic rings. The van der Waals surface area contributed by atoms with E-state index < -0.39 is 17.3 Å². The van der Waals surface area contributed by atoms with E-state index in [-0.39, 0.29) is 10.7 Å². The highest BCUT2D eigenvalue weighted by Crippen LogP contribution is 2.38. The van der Waals surface area contributed by atoms with Crippen LogP contribution in [-0.4, -0.2) is 15.0 Å². The average molecular weight is 372 g/mol. The lowest BCUT2D eigenvalue weighted by atomic mass is 10.1. The lowest BCUT2D eigenvalue weighted by Gasteiger charge is -2.14. The fourth-order valence-electron chi connectivity index (χ4n) is 2.26. The number of nitrogens with zero attached hydrogens (tertiary/aromatic N) is 4. The maximum absolute atomic E-state index is 13.5. The molecule has 3 rings (SSSR count). The summed E-state index contributed by atoms with van der Waals surface area (Å²) < 4.78 is 40.4. The Bertz CT molecular complexity index is 938. The van der Waals surface area contributed by atoms with Crippen LogP contribution >= 0.6 is 11.8 Å². The van der Waals surface area contributed by atoms with E-state index in [1.165, 1.54) is 12.4 Å². The van der Waals surface area contributed by atoms with Crippen LogP contribution in [0.3, 0.4) is 0 Å². The Morgan fingerprint density at radius 2 is 1.85 bits per heavy atom. The summed E-state index contributed by atoms with van der Waals surface area (Å²) in [5.74, 6) is 0.354. The van der Waals surface area contributed by atoms with Crippen LogP contribution < -0.4 is 0 Å². The van der Waals surface area contributed by atoms with Gasteiger partial charge in [0.15, 0.2) is 0 Å². The zero-order valence-electron chi connectivity index (χ0n) is 13.2. The van der Waals surface area contributed by atoms with Crippen molar-refractivity contribution in [1.29, 1.82) is 5.26 Å². The first-order chi connectivity index (χ1) is 12.5. The predicted molar refractivity (Wildman–Crippen MR) is 91.0 cm³/mol. The zero-order chi connectivity index (χ0) is 18.6. The molecule has 0 fully saturated rings. The number of hydrogen-bond donors (Lipinski definition) is 0. The maximum atomic E-state index is 13.5. The summed E-state index contributed by atoms with van der Waals surface area (Å²) in [5, 5.41) is 9.34. The first kappa shape index (κ1) is 17.9. The van der Waals surface area contributed by atoms with Crippen molar-refractivity contribution < 1.29 is 13.2 Å². The smallest absolute Gasteiger partial charge is 0.265 e. The minimum atomic E-state index is -4.65. The summed E-state index contributed by atoms with van der Waals surface area (Å²) in [7, 11) is 0. The first-order valence-corrected chi connectivity index (χ1v) is 8.42. The topological polar surface area (TPSA) is 62.5 Å². The van der Waals surface area contributed by atoms with E-state index in [1.54, 1.807) is 36.7 Å². The molecule has 0 aromatic carbocycles. The Morgan fingerprint density at radius 3 is 2.46 bits per heavy atom. The van der Waals surface area contributed by atoms with Gasteiger partial charge >= 0.3 is 6.18 Å². The minimum absolute atomic E-state index is 0.0398. The molecular formula is C18H11F3N4S. The molecule has 4 nitrogen and oxygen atoms in total. The number of rotatable bonds is 4. The molecule has 0 saturated heterocycles. The normalized spacial score (nSPS) is 11.2. The highest BCUT2D eigenvalue weighted by molar-refractivity contribution is 7.98. The molecule has 0 spiro atoms. The highest BCUT2D eigenvalue weighted by Gasteiger charge is 2.36. The van der Waals surface area contributed by atoms with Gasteiger partial charge in [-0.2, -0.15) is 18.4 Å². The number of thioether (sulfide) groups is 1. The Kier molecular flexibility index (Phi) is 5.19. The van der Waals surface area contributed by atoms with Crippen LogP contribution in [0.5, 0.6) is 0 Å². The summed E-state index contributed by atoms with van der Waals surface area (Å²) >= 11 is 1.07. The Hall–Kier alpha value is -2.92. The van der Waals surface area contributed by atoms with Crippen LogP contribution in [-0.2, 0) is 11.9 Å². The second kappa shape index (κ2) is 7.54. The maximum Gasteiger partial charge on any atom is 0.417 e. The van der Waals surface area contributed by atoms with E-state index in [0.29, 0.717) is 11.3 Å². The third-order valence-electron chi connectivity index (χ3n) is 3.48. The van der Waals surface area contributed by atoms with E-state index in [9.17, 15) is 18.4 Å². The first-order valence-electron chi connectivity index (χ1n) is 7.43. The van der Waals surface area contributed by atoms with Crippen molar-refractivity contribution in [3.8, 4) is 17.3 Å². The summed E-state index contributed by atoms with van der Waals surface area (Å²) in [6.45, 7) is 0. The van der Waals surface area contributed by atoms with Crippen molar-refractivity contribution in [2.75, 3.05) is 0 Å². The van der Waals surface area contributed by atoms with E-state index in [1.807, 2.05) is 6.07 Å². The summed E-state index contributed by atoms with van der Waals surface area (Å²) in [5.41, 5.74) is 0.0105. The van der Waals surface area contributed by atoms with E-state index >= 15 is 0 Å². The lowest BCUT2D eigenvalue weighted by Crippen LogP contribution is -2.10. The second-order valence-electron chi connectivity index (χ2n) is 5.23. The number of nitriles is 1. The molecule has 26 heavy (non-hydrogen) atoms. The third kappa shape index (κ3) is 4.00. The van der Waals surface area contributed by atoms with E-state index in [4.69, 9.17) is 0 Å². The van der Waals surface area contributed by atoms with Gasteiger partial charge < -0.3 is 0 Å². The van der Waals surface area contributed by atoms with Crippen LogP contribution in [0, 0.1) is 11.3 Å². The SMILES string of the molecule is N#Cc1c(C(F)(F)F)cc(-c2ccncc2)nc1SCc1cccnc1. The van der Waals surface area contributed by atoms with Crippen molar-refractivity contribution in [3.05, 3.63) is 71.8 Å². The van der Waals surface area contributed by atoms with Crippen molar-refractivity contribution in [2.24, 2.45) is 0 Å². The molecule has 130 valence electrons. The molecule has 0 amide bonds. The van der Waals surface area contributed by atoms with Crippen LogP contribution in [0.1, 0.15) is 16.7 Å². The van der Waals surface area contributed by atoms with Gasteiger partial charge in [-0.3, -0.25) is 9.97 Å². The molecule has 0 atom stereocenters. The molecule has 3 aromatic rings. The van der Waals surface area contributed by atoms with Gasteiger partial charge in [0.2, 0.25) is 0 Å². The number of halogens is 3.